The van der Waals surface area contributed by atoms with Crippen LogP contribution in [0.5, 0.6) is 0 Å². The lowest BCUT2D eigenvalue weighted by Gasteiger charge is -2.25. The van der Waals surface area contributed by atoms with Crippen LogP contribution in [-0.2, 0) is 9.59 Å². The predicted molar refractivity (Wildman–Crippen MR) is 68.7 cm³/mol. The Morgan fingerprint density at radius 2 is 2.28 bits per heavy atom. The van der Waals surface area contributed by atoms with Crippen LogP contribution in [0.25, 0.3) is 0 Å². The van der Waals surface area contributed by atoms with Crippen LogP contribution < -0.4 is 11.1 Å². The summed E-state index contributed by atoms with van der Waals surface area (Å²) < 4.78 is 0. The molecule has 0 spiro atoms. The normalized spacial score (nSPS) is 32.5. The molecule has 0 radical (unpaired) electrons. The first-order valence-electron chi connectivity index (χ1n) is 6.80. The standard InChI is InChI=1S/C13H23N3O2/c1-13(12(14)18)4-6-16(9-13)11(17)7-10-3-2-5-15-8-10/h10,15H,2-9H2,1H3,(H2,14,18). The summed E-state index contributed by atoms with van der Waals surface area (Å²) in [5.74, 6) is 0.331. The van der Waals surface area contributed by atoms with Gasteiger partial charge in [0.1, 0.15) is 0 Å². The Balaban J connectivity index is 1.85. The van der Waals surface area contributed by atoms with Gasteiger partial charge in [-0.1, -0.05) is 0 Å². The molecule has 0 saturated carbocycles. The second-order valence-electron chi connectivity index (χ2n) is 5.91. The summed E-state index contributed by atoms with van der Waals surface area (Å²) in [6.45, 7) is 5.01. The van der Waals surface area contributed by atoms with Gasteiger partial charge in [0.05, 0.1) is 5.41 Å². The van der Waals surface area contributed by atoms with E-state index in [9.17, 15) is 9.59 Å². The average Bonchev–Trinajstić information content (AvgIpc) is 2.75. The minimum atomic E-state index is -0.527. The van der Waals surface area contributed by atoms with Gasteiger partial charge in [0.2, 0.25) is 11.8 Å². The van der Waals surface area contributed by atoms with Gasteiger partial charge in [-0.3, -0.25) is 9.59 Å². The summed E-state index contributed by atoms with van der Waals surface area (Å²) in [5.41, 5.74) is 4.86. The molecule has 2 atom stereocenters. The van der Waals surface area contributed by atoms with Crippen molar-refractivity contribution < 1.29 is 9.59 Å². The van der Waals surface area contributed by atoms with E-state index in [1.165, 1.54) is 0 Å². The number of hydrogen-bond donors (Lipinski definition) is 2. The van der Waals surface area contributed by atoms with E-state index < -0.39 is 5.41 Å². The van der Waals surface area contributed by atoms with E-state index >= 15 is 0 Å². The first-order chi connectivity index (χ1) is 8.51. The van der Waals surface area contributed by atoms with Crippen molar-refractivity contribution in [2.45, 2.75) is 32.6 Å². The number of primary amides is 1. The van der Waals surface area contributed by atoms with Crippen LogP contribution in [0.15, 0.2) is 0 Å². The molecule has 0 aromatic carbocycles. The summed E-state index contributed by atoms with van der Waals surface area (Å²) in [4.78, 5) is 25.3. The third-order valence-corrected chi connectivity index (χ3v) is 4.28. The lowest BCUT2D eigenvalue weighted by molar-refractivity contribution is -0.132. The Bertz CT molecular complexity index is 339. The second-order valence-corrected chi connectivity index (χ2v) is 5.91. The number of amides is 2. The molecular weight excluding hydrogens is 230 g/mol. The first kappa shape index (κ1) is 13.3. The number of hydrogen-bond acceptors (Lipinski definition) is 3. The Morgan fingerprint density at radius 3 is 2.83 bits per heavy atom. The quantitative estimate of drug-likeness (QED) is 0.749. The van der Waals surface area contributed by atoms with Gasteiger partial charge in [0.25, 0.3) is 0 Å². The van der Waals surface area contributed by atoms with Gasteiger partial charge in [0.15, 0.2) is 0 Å². The van der Waals surface area contributed by atoms with Crippen LogP contribution >= 0.6 is 0 Å². The molecule has 18 heavy (non-hydrogen) atoms. The molecule has 102 valence electrons. The number of piperidine rings is 1. The zero-order valence-corrected chi connectivity index (χ0v) is 11.1. The maximum Gasteiger partial charge on any atom is 0.225 e. The largest absolute Gasteiger partial charge is 0.369 e. The highest BCUT2D eigenvalue weighted by Gasteiger charge is 2.40. The summed E-state index contributed by atoms with van der Waals surface area (Å²) in [5, 5.41) is 3.32. The molecule has 5 heteroatoms. The van der Waals surface area contributed by atoms with E-state index in [1.54, 1.807) is 4.90 Å². The summed E-state index contributed by atoms with van der Waals surface area (Å²) >= 11 is 0. The molecule has 2 unspecified atom stereocenters. The van der Waals surface area contributed by atoms with Crippen LogP contribution in [0.2, 0.25) is 0 Å². The molecule has 2 amide bonds. The maximum absolute atomic E-state index is 12.2. The molecule has 2 rings (SSSR count). The first-order valence-corrected chi connectivity index (χ1v) is 6.80. The number of nitrogens with one attached hydrogen (secondary N) is 1. The molecule has 2 aliphatic heterocycles. The molecule has 2 heterocycles. The average molecular weight is 253 g/mol. The van der Waals surface area contributed by atoms with Gasteiger partial charge in [-0.05, 0) is 45.2 Å². The molecule has 2 aliphatic rings. The Kier molecular flexibility index (Phi) is 3.90. The fourth-order valence-electron chi connectivity index (χ4n) is 2.85. The molecule has 5 nitrogen and oxygen atoms in total. The third kappa shape index (κ3) is 2.83. The SMILES string of the molecule is CC1(C(N)=O)CCN(C(=O)CC2CCCNC2)C1. The minimum absolute atomic E-state index is 0.175. The number of nitrogens with two attached hydrogens (primary N) is 1. The molecule has 2 saturated heterocycles. The highest BCUT2D eigenvalue weighted by atomic mass is 16.2. The summed E-state index contributed by atoms with van der Waals surface area (Å²) in [6, 6.07) is 0. The summed E-state index contributed by atoms with van der Waals surface area (Å²) in [6.07, 6.45) is 3.56. The highest BCUT2D eigenvalue weighted by molar-refractivity contribution is 5.83. The van der Waals surface area contributed by atoms with Crippen molar-refractivity contribution in [2.75, 3.05) is 26.2 Å². The molecular formula is C13H23N3O2. The Labute approximate surface area is 108 Å². The smallest absolute Gasteiger partial charge is 0.225 e. The van der Waals surface area contributed by atoms with Gasteiger partial charge >= 0.3 is 0 Å². The molecule has 0 aliphatic carbocycles. The van der Waals surface area contributed by atoms with Crippen LogP contribution in [0.1, 0.15) is 32.6 Å². The van der Waals surface area contributed by atoms with Crippen molar-refractivity contribution in [3.63, 3.8) is 0 Å². The molecule has 0 aromatic rings. The molecule has 0 aromatic heterocycles. The van der Waals surface area contributed by atoms with E-state index in [1.807, 2.05) is 6.92 Å². The van der Waals surface area contributed by atoms with Crippen LogP contribution in [-0.4, -0.2) is 42.9 Å². The number of nitrogens with zero attached hydrogens (tertiary/aromatic N) is 1. The van der Waals surface area contributed by atoms with Crippen molar-refractivity contribution in [2.24, 2.45) is 17.1 Å². The monoisotopic (exact) mass is 253 g/mol. The lowest BCUT2D eigenvalue weighted by atomic mass is 9.89. The molecule has 2 fully saturated rings. The minimum Gasteiger partial charge on any atom is -0.369 e. The number of likely N-dealkylation sites (tertiary alicyclic amines) is 1. The van der Waals surface area contributed by atoms with E-state index in [2.05, 4.69) is 5.32 Å². The Morgan fingerprint density at radius 1 is 1.50 bits per heavy atom. The van der Waals surface area contributed by atoms with E-state index in [0.717, 1.165) is 25.9 Å². The van der Waals surface area contributed by atoms with E-state index in [0.29, 0.717) is 31.8 Å². The molecule has 3 N–H and O–H groups in total. The third-order valence-electron chi connectivity index (χ3n) is 4.28. The van der Waals surface area contributed by atoms with E-state index in [4.69, 9.17) is 5.73 Å². The lowest BCUT2D eigenvalue weighted by Crippen LogP contribution is -2.40. The topological polar surface area (TPSA) is 75.4 Å². The zero-order valence-electron chi connectivity index (χ0n) is 11.1. The van der Waals surface area contributed by atoms with Gasteiger partial charge in [-0.25, -0.2) is 0 Å². The number of carbonyl (C=O) groups is 2. The van der Waals surface area contributed by atoms with Gasteiger partial charge in [-0.2, -0.15) is 0 Å². The van der Waals surface area contributed by atoms with Crippen molar-refractivity contribution in [1.29, 1.82) is 0 Å². The van der Waals surface area contributed by atoms with Crippen LogP contribution in [0.4, 0.5) is 0 Å². The highest BCUT2D eigenvalue weighted by Crippen LogP contribution is 2.30. The van der Waals surface area contributed by atoms with Gasteiger partial charge < -0.3 is 16.0 Å². The second kappa shape index (κ2) is 5.26. The van der Waals surface area contributed by atoms with Crippen molar-refractivity contribution in [3.8, 4) is 0 Å². The van der Waals surface area contributed by atoms with Crippen molar-refractivity contribution in [1.82, 2.24) is 10.2 Å². The summed E-state index contributed by atoms with van der Waals surface area (Å²) in [7, 11) is 0. The molecule has 0 bridgehead atoms. The predicted octanol–water partition coefficient (Wildman–Crippen LogP) is 0.1000. The fraction of sp³-hybridized carbons (Fsp3) is 0.846. The Hall–Kier alpha value is -1.10. The number of carbonyl (C=O) groups excluding carboxylic acids is 2. The van der Waals surface area contributed by atoms with Crippen molar-refractivity contribution in [3.05, 3.63) is 0 Å². The zero-order chi connectivity index (χ0) is 13.2. The number of rotatable bonds is 3. The van der Waals surface area contributed by atoms with Gasteiger partial charge in [-0.15, -0.1) is 0 Å². The fourth-order valence-corrected chi connectivity index (χ4v) is 2.85. The van der Waals surface area contributed by atoms with Gasteiger partial charge in [0, 0.05) is 19.5 Å². The van der Waals surface area contributed by atoms with Crippen LogP contribution in [0.3, 0.4) is 0 Å². The van der Waals surface area contributed by atoms with Crippen LogP contribution in [0, 0.1) is 11.3 Å². The maximum atomic E-state index is 12.2. The van der Waals surface area contributed by atoms with Crippen molar-refractivity contribution >= 4 is 11.8 Å². The van der Waals surface area contributed by atoms with E-state index in [-0.39, 0.29) is 11.8 Å².